The summed E-state index contributed by atoms with van der Waals surface area (Å²) in [6.07, 6.45) is 8.16. The first kappa shape index (κ1) is 23.4. The van der Waals surface area contributed by atoms with Crippen molar-refractivity contribution >= 4 is 29.9 Å². The van der Waals surface area contributed by atoms with Gasteiger partial charge in [0.1, 0.15) is 0 Å². The van der Waals surface area contributed by atoms with Crippen LogP contribution in [0.1, 0.15) is 49.7 Å². The van der Waals surface area contributed by atoms with Crippen LogP contribution in [0.3, 0.4) is 0 Å². The molecule has 158 valence electrons. The molecule has 0 saturated carbocycles. The second kappa shape index (κ2) is 13.4. The number of halogens is 1. The van der Waals surface area contributed by atoms with E-state index in [0.717, 1.165) is 32.1 Å². The van der Waals surface area contributed by atoms with Crippen LogP contribution in [-0.2, 0) is 13.1 Å². The molecule has 0 unspecified atom stereocenters. The highest BCUT2D eigenvalue weighted by Gasteiger charge is 2.13. The van der Waals surface area contributed by atoms with Gasteiger partial charge in [-0.15, -0.1) is 24.0 Å². The fourth-order valence-electron chi connectivity index (χ4n) is 4.16. The van der Waals surface area contributed by atoms with Crippen LogP contribution >= 0.6 is 24.0 Å². The molecule has 6 heteroatoms. The van der Waals surface area contributed by atoms with E-state index in [-0.39, 0.29) is 24.0 Å². The fraction of sp³-hybridized carbons (Fsp3) is 0.682. The van der Waals surface area contributed by atoms with E-state index in [1.807, 2.05) is 7.05 Å². The lowest BCUT2D eigenvalue weighted by Crippen LogP contribution is -2.42. The lowest BCUT2D eigenvalue weighted by atomic mass is 10.0. The van der Waals surface area contributed by atoms with Crippen molar-refractivity contribution in [2.24, 2.45) is 4.99 Å². The lowest BCUT2D eigenvalue weighted by molar-refractivity contribution is 0.220. The molecule has 1 aromatic rings. The molecule has 2 aliphatic rings. The van der Waals surface area contributed by atoms with E-state index in [9.17, 15) is 0 Å². The van der Waals surface area contributed by atoms with Gasteiger partial charge in [-0.3, -0.25) is 9.89 Å². The Morgan fingerprint density at radius 2 is 1.46 bits per heavy atom. The standard InChI is InChI=1S/C22H37N5.HI/c1-23-22(24-12-17-26-13-6-2-7-14-26)25-18-20-10-4-5-11-21(20)19-27-15-8-3-9-16-27;/h4-5,10-11H,2-3,6-9,12-19H2,1H3,(H2,23,24,25);1H. The molecular formula is C22H38IN5. The Labute approximate surface area is 188 Å². The van der Waals surface area contributed by atoms with Gasteiger partial charge in [-0.05, 0) is 63.0 Å². The molecule has 0 amide bonds. The largest absolute Gasteiger partial charge is 0.355 e. The summed E-state index contributed by atoms with van der Waals surface area (Å²) in [6.45, 7) is 8.92. The molecule has 0 spiro atoms. The van der Waals surface area contributed by atoms with Crippen molar-refractivity contribution in [3.8, 4) is 0 Å². The van der Waals surface area contributed by atoms with E-state index in [0.29, 0.717) is 0 Å². The van der Waals surface area contributed by atoms with Crippen molar-refractivity contribution in [1.29, 1.82) is 0 Å². The van der Waals surface area contributed by atoms with Crippen LogP contribution in [-0.4, -0.2) is 62.1 Å². The first-order valence-corrected chi connectivity index (χ1v) is 10.8. The van der Waals surface area contributed by atoms with Crippen molar-refractivity contribution in [3.63, 3.8) is 0 Å². The van der Waals surface area contributed by atoms with Crippen LogP contribution in [0.25, 0.3) is 0 Å². The second-order valence-electron chi connectivity index (χ2n) is 7.86. The lowest BCUT2D eigenvalue weighted by Gasteiger charge is -2.27. The number of hydrogen-bond acceptors (Lipinski definition) is 3. The van der Waals surface area contributed by atoms with Gasteiger partial charge in [0.05, 0.1) is 0 Å². The Morgan fingerprint density at radius 1 is 0.857 bits per heavy atom. The summed E-state index contributed by atoms with van der Waals surface area (Å²) in [5.41, 5.74) is 2.82. The topological polar surface area (TPSA) is 42.9 Å². The van der Waals surface area contributed by atoms with Gasteiger partial charge in [-0.1, -0.05) is 37.1 Å². The molecule has 2 saturated heterocycles. The number of hydrogen-bond donors (Lipinski definition) is 2. The van der Waals surface area contributed by atoms with Crippen LogP contribution in [0.5, 0.6) is 0 Å². The summed E-state index contributed by atoms with van der Waals surface area (Å²) in [6, 6.07) is 8.82. The molecule has 0 aliphatic carbocycles. The zero-order valence-electron chi connectivity index (χ0n) is 17.5. The monoisotopic (exact) mass is 499 g/mol. The SMILES string of the molecule is CN=C(NCCN1CCCCC1)NCc1ccccc1CN1CCCCC1.I. The minimum atomic E-state index is 0. The van der Waals surface area contributed by atoms with Crippen LogP contribution in [0.4, 0.5) is 0 Å². The predicted molar refractivity (Wildman–Crippen MR) is 129 cm³/mol. The smallest absolute Gasteiger partial charge is 0.191 e. The second-order valence-corrected chi connectivity index (χ2v) is 7.86. The highest BCUT2D eigenvalue weighted by Crippen LogP contribution is 2.16. The molecule has 2 fully saturated rings. The van der Waals surface area contributed by atoms with Gasteiger partial charge < -0.3 is 15.5 Å². The van der Waals surface area contributed by atoms with E-state index >= 15 is 0 Å². The Bertz CT molecular complexity index is 580. The quantitative estimate of drug-likeness (QED) is 0.343. The molecule has 5 nitrogen and oxygen atoms in total. The molecule has 0 atom stereocenters. The summed E-state index contributed by atoms with van der Waals surface area (Å²) >= 11 is 0. The average molecular weight is 499 g/mol. The van der Waals surface area contributed by atoms with E-state index < -0.39 is 0 Å². The summed E-state index contributed by atoms with van der Waals surface area (Å²) in [4.78, 5) is 9.54. The van der Waals surface area contributed by atoms with Gasteiger partial charge in [0.15, 0.2) is 5.96 Å². The van der Waals surface area contributed by atoms with Crippen LogP contribution < -0.4 is 10.6 Å². The molecule has 1 aromatic carbocycles. The highest BCUT2D eigenvalue weighted by molar-refractivity contribution is 14.0. The van der Waals surface area contributed by atoms with Gasteiger partial charge in [0, 0.05) is 33.2 Å². The number of rotatable bonds is 7. The van der Waals surface area contributed by atoms with Gasteiger partial charge >= 0.3 is 0 Å². The zero-order valence-corrected chi connectivity index (χ0v) is 19.8. The number of guanidine groups is 1. The van der Waals surface area contributed by atoms with E-state index in [1.165, 1.54) is 75.8 Å². The van der Waals surface area contributed by atoms with Crippen LogP contribution in [0.2, 0.25) is 0 Å². The van der Waals surface area contributed by atoms with Gasteiger partial charge in [0.25, 0.3) is 0 Å². The van der Waals surface area contributed by atoms with Crippen molar-refractivity contribution in [1.82, 2.24) is 20.4 Å². The number of piperidine rings is 2. The van der Waals surface area contributed by atoms with E-state index in [4.69, 9.17) is 0 Å². The third-order valence-corrected chi connectivity index (χ3v) is 5.80. The molecule has 3 rings (SSSR count). The third kappa shape index (κ3) is 7.87. The van der Waals surface area contributed by atoms with Gasteiger partial charge in [-0.25, -0.2) is 0 Å². The molecular weight excluding hydrogens is 461 g/mol. The predicted octanol–water partition coefficient (Wildman–Crippen LogP) is 3.44. The summed E-state index contributed by atoms with van der Waals surface area (Å²) < 4.78 is 0. The average Bonchev–Trinajstić information content (AvgIpc) is 2.73. The van der Waals surface area contributed by atoms with Crippen LogP contribution in [0.15, 0.2) is 29.3 Å². The number of nitrogens with zero attached hydrogens (tertiary/aromatic N) is 3. The fourth-order valence-corrected chi connectivity index (χ4v) is 4.16. The molecule has 0 bridgehead atoms. The Hall–Kier alpha value is -0.860. The summed E-state index contributed by atoms with van der Waals surface area (Å²) in [5, 5.41) is 6.98. The van der Waals surface area contributed by atoms with Crippen molar-refractivity contribution in [3.05, 3.63) is 35.4 Å². The molecule has 0 radical (unpaired) electrons. The normalized spacial score (nSPS) is 19.1. The highest BCUT2D eigenvalue weighted by atomic mass is 127. The van der Waals surface area contributed by atoms with Crippen molar-refractivity contribution in [2.45, 2.75) is 51.6 Å². The maximum Gasteiger partial charge on any atom is 0.191 e. The first-order chi connectivity index (χ1) is 13.3. The minimum absolute atomic E-state index is 0. The van der Waals surface area contributed by atoms with Crippen molar-refractivity contribution in [2.75, 3.05) is 46.3 Å². The molecule has 28 heavy (non-hydrogen) atoms. The zero-order chi connectivity index (χ0) is 18.7. The van der Waals surface area contributed by atoms with Crippen molar-refractivity contribution < 1.29 is 0 Å². The number of aliphatic imine (C=N–C) groups is 1. The maximum atomic E-state index is 4.40. The molecule has 0 aromatic heterocycles. The Balaban J connectivity index is 0.00000280. The minimum Gasteiger partial charge on any atom is -0.355 e. The number of nitrogens with one attached hydrogen (secondary N) is 2. The first-order valence-electron chi connectivity index (χ1n) is 10.8. The Kier molecular flexibility index (Phi) is 11.2. The maximum absolute atomic E-state index is 4.40. The van der Waals surface area contributed by atoms with Gasteiger partial charge in [0.2, 0.25) is 0 Å². The number of likely N-dealkylation sites (tertiary alicyclic amines) is 2. The molecule has 2 heterocycles. The summed E-state index contributed by atoms with van der Waals surface area (Å²) in [5.74, 6) is 0.903. The summed E-state index contributed by atoms with van der Waals surface area (Å²) in [7, 11) is 1.86. The number of benzene rings is 1. The van der Waals surface area contributed by atoms with Gasteiger partial charge in [-0.2, -0.15) is 0 Å². The Morgan fingerprint density at radius 3 is 2.11 bits per heavy atom. The van der Waals surface area contributed by atoms with E-state index in [2.05, 4.69) is 49.7 Å². The van der Waals surface area contributed by atoms with Crippen LogP contribution in [0, 0.1) is 0 Å². The molecule has 2 N–H and O–H groups in total. The van der Waals surface area contributed by atoms with E-state index in [1.54, 1.807) is 0 Å². The molecule has 2 aliphatic heterocycles. The third-order valence-electron chi connectivity index (χ3n) is 5.80.